The van der Waals surface area contributed by atoms with E-state index in [1.807, 2.05) is 24.8 Å². The lowest BCUT2D eigenvalue weighted by Gasteiger charge is -2.53. The van der Waals surface area contributed by atoms with Gasteiger partial charge in [-0.25, -0.2) is 4.85 Å². The summed E-state index contributed by atoms with van der Waals surface area (Å²) >= 11 is 0. The van der Waals surface area contributed by atoms with Crippen molar-refractivity contribution in [2.45, 2.75) is 59.3 Å². The molecule has 0 radical (unpaired) electrons. The summed E-state index contributed by atoms with van der Waals surface area (Å²) in [6, 6.07) is 0. The molecule has 0 aromatic rings. The SMILES string of the molecule is [C-]#[N+]C1=C[C@@]2(C)CN(C(=O)C3CCCCC3)CC[C@@H]2C(C)(C)C1=O. The first kappa shape index (κ1) is 17.2. The number of amides is 1. The molecule has 0 bridgehead atoms. The molecule has 130 valence electrons. The van der Waals surface area contributed by atoms with Crippen molar-refractivity contribution in [2.24, 2.45) is 22.7 Å². The lowest BCUT2D eigenvalue weighted by atomic mass is 9.55. The summed E-state index contributed by atoms with van der Waals surface area (Å²) in [7, 11) is 0. The summed E-state index contributed by atoms with van der Waals surface area (Å²) in [5.41, 5.74) is -0.547. The van der Waals surface area contributed by atoms with Gasteiger partial charge < -0.3 is 9.69 Å². The number of carbonyl (C=O) groups is 2. The Balaban J connectivity index is 1.85. The quantitative estimate of drug-likeness (QED) is 0.686. The third-order valence-corrected chi connectivity index (χ3v) is 6.56. The number of rotatable bonds is 1. The van der Waals surface area contributed by atoms with Crippen LogP contribution in [0.1, 0.15) is 59.3 Å². The van der Waals surface area contributed by atoms with Gasteiger partial charge in [0.25, 0.3) is 0 Å². The van der Waals surface area contributed by atoms with Crippen LogP contribution in [-0.4, -0.2) is 29.7 Å². The van der Waals surface area contributed by atoms with Crippen molar-refractivity contribution >= 4 is 11.7 Å². The zero-order valence-electron chi connectivity index (χ0n) is 15.1. The first-order chi connectivity index (χ1) is 11.3. The van der Waals surface area contributed by atoms with Gasteiger partial charge in [-0.2, -0.15) is 0 Å². The molecular weight excluding hydrogens is 300 g/mol. The Labute approximate surface area is 145 Å². The number of carbonyl (C=O) groups excluding carboxylic acids is 2. The van der Waals surface area contributed by atoms with E-state index < -0.39 is 5.41 Å². The van der Waals surface area contributed by atoms with E-state index in [1.165, 1.54) is 6.42 Å². The van der Waals surface area contributed by atoms with Crippen LogP contribution in [0.4, 0.5) is 0 Å². The highest BCUT2D eigenvalue weighted by Gasteiger charge is 2.53. The van der Waals surface area contributed by atoms with Gasteiger partial charge in [-0.1, -0.05) is 46.1 Å². The number of piperidine rings is 1. The van der Waals surface area contributed by atoms with E-state index in [2.05, 4.69) is 11.8 Å². The van der Waals surface area contributed by atoms with Gasteiger partial charge in [0.2, 0.25) is 11.6 Å². The number of ketones is 1. The Bertz CT molecular complexity index is 622. The molecule has 0 N–H and O–H groups in total. The molecule has 1 aliphatic heterocycles. The van der Waals surface area contributed by atoms with Crippen LogP contribution in [-0.2, 0) is 9.59 Å². The summed E-state index contributed by atoms with van der Waals surface area (Å²) in [5.74, 6) is 0.633. The van der Waals surface area contributed by atoms with E-state index in [0.29, 0.717) is 12.5 Å². The lowest BCUT2D eigenvalue weighted by molar-refractivity contribution is -0.145. The van der Waals surface area contributed by atoms with Crippen molar-refractivity contribution < 1.29 is 9.59 Å². The van der Waals surface area contributed by atoms with Crippen molar-refractivity contribution in [3.63, 3.8) is 0 Å². The maximum Gasteiger partial charge on any atom is 0.226 e. The fraction of sp³-hybridized carbons (Fsp3) is 0.750. The fourth-order valence-corrected chi connectivity index (χ4v) is 5.29. The Morgan fingerprint density at radius 1 is 1.21 bits per heavy atom. The molecule has 0 unspecified atom stereocenters. The maximum absolute atomic E-state index is 12.9. The fourth-order valence-electron chi connectivity index (χ4n) is 5.29. The summed E-state index contributed by atoms with van der Waals surface area (Å²) in [6.07, 6.45) is 8.30. The molecule has 0 aromatic carbocycles. The molecule has 1 saturated carbocycles. The number of nitrogens with zero attached hydrogens (tertiary/aromatic N) is 2. The molecule has 1 saturated heterocycles. The Morgan fingerprint density at radius 3 is 2.50 bits per heavy atom. The standard InChI is InChI=1S/C20H28N2O2/c1-19(2)16-10-11-22(18(24)14-8-6-5-7-9-14)13-20(16,3)12-15(21-4)17(19)23/h12,14,16H,5-11,13H2,1-3H3/t16-,20+/m1/s1. The van der Waals surface area contributed by atoms with Crippen LogP contribution in [0.3, 0.4) is 0 Å². The van der Waals surface area contributed by atoms with Crippen LogP contribution in [0.2, 0.25) is 0 Å². The largest absolute Gasteiger partial charge is 0.342 e. The highest BCUT2D eigenvalue weighted by Crippen LogP contribution is 2.52. The summed E-state index contributed by atoms with van der Waals surface area (Å²) in [4.78, 5) is 31.0. The molecule has 24 heavy (non-hydrogen) atoms. The second-order valence-corrected chi connectivity index (χ2v) is 8.63. The summed E-state index contributed by atoms with van der Waals surface area (Å²) in [6.45, 7) is 14.8. The summed E-state index contributed by atoms with van der Waals surface area (Å²) in [5, 5.41) is 0. The van der Waals surface area contributed by atoms with E-state index in [-0.39, 0.29) is 28.7 Å². The van der Waals surface area contributed by atoms with Gasteiger partial charge in [-0.3, -0.25) is 4.79 Å². The van der Waals surface area contributed by atoms with Gasteiger partial charge in [-0.05, 0) is 30.6 Å². The molecule has 3 aliphatic rings. The van der Waals surface area contributed by atoms with Gasteiger partial charge in [0, 0.05) is 24.4 Å². The minimum atomic E-state index is -0.524. The normalized spacial score (nSPS) is 33.4. The monoisotopic (exact) mass is 328 g/mol. The van der Waals surface area contributed by atoms with Gasteiger partial charge in [0.1, 0.15) is 0 Å². The Hall–Kier alpha value is -1.63. The van der Waals surface area contributed by atoms with Gasteiger partial charge in [-0.15, -0.1) is 0 Å². The zero-order valence-corrected chi connectivity index (χ0v) is 15.1. The third kappa shape index (κ3) is 2.68. The smallest absolute Gasteiger partial charge is 0.226 e. The molecule has 3 rings (SSSR count). The molecular formula is C20H28N2O2. The van der Waals surface area contributed by atoms with E-state index in [4.69, 9.17) is 6.57 Å². The predicted molar refractivity (Wildman–Crippen MR) is 92.8 cm³/mol. The lowest BCUT2D eigenvalue weighted by Crippen LogP contribution is -2.57. The second-order valence-electron chi connectivity index (χ2n) is 8.63. The minimum Gasteiger partial charge on any atom is -0.342 e. The average molecular weight is 328 g/mol. The van der Waals surface area contributed by atoms with Crippen molar-refractivity contribution in [1.82, 2.24) is 4.90 Å². The van der Waals surface area contributed by atoms with Crippen molar-refractivity contribution in [3.8, 4) is 0 Å². The van der Waals surface area contributed by atoms with Gasteiger partial charge in [0.05, 0.1) is 6.57 Å². The van der Waals surface area contributed by atoms with Crippen molar-refractivity contribution in [2.75, 3.05) is 13.1 Å². The van der Waals surface area contributed by atoms with Gasteiger partial charge in [0.15, 0.2) is 5.78 Å². The van der Waals surface area contributed by atoms with Crippen LogP contribution in [0.25, 0.3) is 4.85 Å². The summed E-state index contributed by atoms with van der Waals surface area (Å²) < 4.78 is 0. The first-order valence-corrected chi connectivity index (χ1v) is 9.23. The van der Waals surface area contributed by atoms with Crippen molar-refractivity contribution in [1.29, 1.82) is 0 Å². The van der Waals surface area contributed by atoms with E-state index in [9.17, 15) is 9.59 Å². The predicted octanol–water partition coefficient (Wildman–Crippen LogP) is 3.83. The Kier molecular flexibility index (Phi) is 4.32. The average Bonchev–Trinajstić information content (AvgIpc) is 2.58. The number of hydrogen-bond acceptors (Lipinski definition) is 2. The number of allylic oxidation sites excluding steroid dienone is 1. The highest BCUT2D eigenvalue weighted by atomic mass is 16.2. The van der Waals surface area contributed by atoms with Crippen LogP contribution >= 0.6 is 0 Å². The number of hydrogen-bond donors (Lipinski definition) is 0. The van der Waals surface area contributed by atoms with E-state index >= 15 is 0 Å². The zero-order chi connectivity index (χ0) is 17.5. The van der Waals surface area contributed by atoms with Crippen LogP contribution in [0.15, 0.2) is 11.8 Å². The minimum absolute atomic E-state index is 0.0352. The number of Topliss-reactive ketones (excluding diaryl/α,β-unsaturated/α-hetero) is 1. The molecule has 4 nitrogen and oxygen atoms in total. The van der Waals surface area contributed by atoms with Crippen molar-refractivity contribution in [3.05, 3.63) is 23.2 Å². The highest BCUT2D eigenvalue weighted by molar-refractivity contribution is 6.02. The number of fused-ring (bicyclic) bond motifs is 1. The van der Waals surface area contributed by atoms with Crippen LogP contribution in [0, 0.1) is 29.2 Å². The van der Waals surface area contributed by atoms with Crippen LogP contribution < -0.4 is 0 Å². The molecule has 1 heterocycles. The molecule has 4 heteroatoms. The van der Waals surface area contributed by atoms with E-state index in [1.54, 1.807) is 0 Å². The van der Waals surface area contributed by atoms with Gasteiger partial charge >= 0.3 is 0 Å². The number of likely N-dealkylation sites (tertiary alicyclic amines) is 1. The first-order valence-electron chi connectivity index (χ1n) is 9.23. The molecule has 0 spiro atoms. The molecule has 2 atom stereocenters. The van der Waals surface area contributed by atoms with Crippen LogP contribution in [0.5, 0.6) is 0 Å². The molecule has 1 amide bonds. The maximum atomic E-state index is 12.9. The topological polar surface area (TPSA) is 41.7 Å². The van der Waals surface area contributed by atoms with E-state index in [0.717, 1.165) is 38.6 Å². The third-order valence-electron chi connectivity index (χ3n) is 6.56. The Morgan fingerprint density at radius 2 is 1.88 bits per heavy atom. The molecule has 2 aliphatic carbocycles. The molecule has 2 fully saturated rings. The molecule has 0 aromatic heterocycles. The second kappa shape index (κ2) is 6.02.